The second-order valence-corrected chi connectivity index (χ2v) is 7.08. The summed E-state index contributed by atoms with van der Waals surface area (Å²) in [5, 5.41) is 7.45. The van der Waals surface area contributed by atoms with Gasteiger partial charge in [0.1, 0.15) is 11.7 Å². The third-order valence-corrected chi connectivity index (χ3v) is 5.51. The van der Waals surface area contributed by atoms with Gasteiger partial charge in [0.05, 0.1) is 0 Å². The molecule has 1 unspecified atom stereocenters. The number of hydrogen-bond acceptors (Lipinski definition) is 3. The number of hydrogen-bond donors (Lipinski definition) is 1. The molecule has 0 amide bonds. The van der Waals surface area contributed by atoms with E-state index in [9.17, 15) is 13.2 Å². The molecule has 0 radical (unpaired) electrons. The van der Waals surface area contributed by atoms with Gasteiger partial charge in [-0.25, -0.2) is 4.98 Å². The quantitative estimate of drug-likeness (QED) is 0.931. The molecule has 1 aromatic heterocycles. The van der Waals surface area contributed by atoms with Gasteiger partial charge in [-0.1, -0.05) is 0 Å². The molecule has 1 saturated heterocycles. The van der Waals surface area contributed by atoms with Crippen LogP contribution in [0.1, 0.15) is 37.9 Å². The molecule has 21 heavy (non-hydrogen) atoms. The minimum Gasteiger partial charge on any atom is -0.316 e. The van der Waals surface area contributed by atoms with Crippen molar-refractivity contribution in [3.63, 3.8) is 0 Å². The van der Waals surface area contributed by atoms with Crippen molar-refractivity contribution in [3.05, 3.63) is 12.2 Å². The van der Waals surface area contributed by atoms with Gasteiger partial charge in [0.25, 0.3) is 0 Å². The molecule has 1 aliphatic heterocycles. The maximum atomic E-state index is 13.1. The summed E-state index contributed by atoms with van der Waals surface area (Å²) in [7, 11) is 0. The minimum absolute atomic E-state index is 0.0342. The molecule has 1 atom stereocenters. The molecule has 4 nitrogen and oxygen atoms in total. The van der Waals surface area contributed by atoms with E-state index < -0.39 is 11.6 Å². The summed E-state index contributed by atoms with van der Waals surface area (Å²) >= 11 is 0. The second kappa shape index (κ2) is 4.21. The summed E-state index contributed by atoms with van der Waals surface area (Å²) in [6, 6.07) is 0. The number of nitrogens with zero attached hydrogens (tertiary/aromatic N) is 3. The Morgan fingerprint density at radius 3 is 2.57 bits per heavy atom. The van der Waals surface area contributed by atoms with E-state index in [1.54, 1.807) is 4.68 Å². The fraction of sp³-hybridized carbons (Fsp3) is 0.857. The van der Waals surface area contributed by atoms with Gasteiger partial charge in [-0.05, 0) is 43.4 Å². The van der Waals surface area contributed by atoms with Crippen molar-refractivity contribution < 1.29 is 13.2 Å². The summed E-state index contributed by atoms with van der Waals surface area (Å²) in [5.74, 6) is 0.482. The summed E-state index contributed by atoms with van der Waals surface area (Å²) in [6.45, 7) is 2.87. The molecular weight excluding hydrogens is 281 g/mol. The molecule has 1 spiro atoms. The molecule has 0 bridgehead atoms. The van der Waals surface area contributed by atoms with E-state index in [1.807, 2.05) is 0 Å². The molecule has 4 rings (SSSR count). The Morgan fingerprint density at radius 2 is 2.05 bits per heavy atom. The van der Waals surface area contributed by atoms with E-state index >= 15 is 0 Å². The van der Waals surface area contributed by atoms with Crippen LogP contribution in [-0.4, -0.2) is 34.0 Å². The van der Waals surface area contributed by atoms with E-state index in [4.69, 9.17) is 0 Å². The lowest BCUT2D eigenvalue weighted by molar-refractivity contribution is -0.162. The maximum absolute atomic E-state index is 13.1. The highest BCUT2D eigenvalue weighted by atomic mass is 19.4. The van der Waals surface area contributed by atoms with Gasteiger partial charge in [0.15, 0.2) is 5.82 Å². The van der Waals surface area contributed by atoms with E-state index in [2.05, 4.69) is 15.4 Å². The fourth-order valence-corrected chi connectivity index (χ4v) is 3.91. The molecule has 116 valence electrons. The van der Waals surface area contributed by atoms with Crippen LogP contribution in [0.15, 0.2) is 6.33 Å². The average Bonchev–Trinajstić information content (AvgIpc) is 2.89. The molecular formula is C14H19F3N4. The Balaban J connectivity index is 1.44. The van der Waals surface area contributed by atoms with Crippen molar-refractivity contribution >= 4 is 0 Å². The van der Waals surface area contributed by atoms with Crippen molar-refractivity contribution in [3.8, 4) is 0 Å². The number of rotatable bonds is 3. The third-order valence-electron chi connectivity index (χ3n) is 5.51. The van der Waals surface area contributed by atoms with Gasteiger partial charge in [-0.2, -0.15) is 18.3 Å². The Hall–Kier alpha value is -1.11. The lowest BCUT2D eigenvalue weighted by Crippen LogP contribution is -2.51. The third kappa shape index (κ3) is 2.08. The first-order chi connectivity index (χ1) is 9.93. The summed E-state index contributed by atoms with van der Waals surface area (Å²) in [5.41, 5.74) is -1.30. The molecule has 1 N–H and O–H groups in total. The number of aromatic nitrogens is 3. The summed E-state index contributed by atoms with van der Waals surface area (Å²) < 4.78 is 40.8. The maximum Gasteiger partial charge on any atom is 0.401 e. The van der Waals surface area contributed by atoms with Gasteiger partial charge < -0.3 is 5.32 Å². The van der Waals surface area contributed by atoms with Gasteiger partial charge in [0.2, 0.25) is 0 Å². The highest BCUT2D eigenvalue weighted by Crippen LogP contribution is 2.57. The summed E-state index contributed by atoms with van der Waals surface area (Å²) in [6.07, 6.45) is 1.01. The van der Waals surface area contributed by atoms with Crippen molar-refractivity contribution in [2.24, 2.45) is 11.3 Å². The topological polar surface area (TPSA) is 42.7 Å². The van der Waals surface area contributed by atoms with E-state index in [-0.39, 0.29) is 18.7 Å². The molecule has 7 heteroatoms. The first-order valence-electron chi connectivity index (χ1n) is 7.60. The molecule has 3 fully saturated rings. The lowest BCUT2D eigenvalue weighted by atomic mass is 9.79. The van der Waals surface area contributed by atoms with Crippen molar-refractivity contribution in [2.45, 2.75) is 50.2 Å². The van der Waals surface area contributed by atoms with Crippen LogP contribution in [0.5, 0.6) is 0 Å². The van der Waals surface area contributed by atoms with Crippen LogP contribution in [0.25, 0.3) is 0 Å². The lowest BCUT2D eigenvalue weighted by Gasteiger charge is -2.39. The molecule has 0 aromatic carbocycles. The van der Waals surface area contributed by atoms with Crippen LogP contribution in [0.2, 0.25) is 0 Å². The number of alkyl halides is 3. The second-order valence-electron chi connectivity index (χ2n) is 7.08. The van der Waals surface area contributed by atoms with E-state index in [0.717, 1.165) is 25.9 Å². The number of halogens is 3. The van der Waals surface area contributed by atoms with Crippen LogP contribution in [0, 0.1) is 11.3 Å². The highest BCUT2D eigenvalue weighted by molar-refractivity contribution is 5.20. The Bertz CT molecular complexity index is 543. The predicted octanol–water partition coefficient (Wildman–Crippen LogP) is 2.26. The minimum atomic E-state index is -4.23. The molecule has 3 aliphatic rings. The predicted molar refractivity (Wildman–Crippen MR) is 69.6 cm³/mol. The summed E-state index contributed by atoms with van der Waals surface area (Å²) in [4.78, 5) is 3.95. The van der Waals surface area contributed by atoms with Crippen LogP contribution in [0.3, 0.4) is 0 Å². The normalized spacial score (nSPS) is 29.6. The SMILES string of the molecule is FC(F)(F)C1(c2ncn(CC3CCC4(CNC4)C3)n2)CC1. The van der Waals surface area contributed by atoms with E-state index in [1.165, 1.54) is 12.7 Å². The van der Waals surface area contributed by atoms with Crippen molar-refractivity contribution in [1.82, 2.24) is 20.1 Å². The first kappa shape index (κ1) is 13.5. The van der Waals surface area contributed by atoms with Gasteiger partial charge in [-0.3, -0.25) is 4.68 Å². The van der Waals surface area contributed by atoms with Gasteiger partial charge >= 0.3 is 6.18 Å². The molecule has 2 aliphatic carbocycles. The van der Waals surface area contributed by atoms with Crippen LogP contribution in [-0.2, 0) is 12.0 Å². The standard InChI is InChI=1S/C14H19F3N4/c15-14(16,17)13(3-4-13)11-19-9-21(20-11)6-10-1-2-12(5-10)7-18-8-12/h9-10,18H,1-8H2. The van der Waals surface area contributed by atoms with Crippen LogP contribution >= 0.6 is 0 Å². The van der Waals surface area contributed by atoms with Crippen molar-refractivity contribution in [1.29, 1.82) is 0 Å². The Morgan fingerprint density at radius 1 is 1.29 bits per heavy atom. The Kier molecular flexibility index (Phi) is 2.72. The van der Waals surface area contributed by atoms with Crippen molar-refractivity contribution in [2.75, 3.05) is 13.1 Å². The Labute approximate surface area is 121 Å². The zero-order valence-corrected chi connectivity index (χ0v) is 11.8. The van der Waals surface area contributed by atoms with Crippen LogP contribution < -0.4 is 5.32 Å². The smallest absolute Gasteiger partial charge is 0.316 e. The fourth-order valence-electron chi connectivity index (χ4n) is 3.91. The monoisotopic (exact) mass is 300 g/mol. The zero-order valence-electron chi connectivity index (χ0n) is 11.8. The molecule has 2 heterocycles. The average molecular weight is 300 g/mol. The van der Waals surface area contributed by atoms with Crippen LogP contribution in [0.4, 0.5) is 13.2 Å². The largest absolute Gasteiger partial charge is 0.401 e. The zero-order chi connectivity index (χ0) is 14.7. The molecule has 1 aromatic rings. The first-order valence-corrected chi connectivity index (χ1v) is 7.60. The van der Waals surface area contributed by atoms with Gasteiger partial charge in [0, 0.05) is 19.6 Å². The van der Waals surface area contributed by atoms with Gasteiger partial charge in [-0.15, -0.1) is 0 Å². The highest BCUT2D eigenvalue weighted by Gasteiger charge is 2.66. The number of nitrogens with one attached hydrogen (secondary N) is 1. The van der Waals surface area contributed by atoms with E-state index in [0.29, 0.717) is 17.9 Å². The molecule has 2 saturated carbocycles.